The summed E-state index contributed by atoms with van der Waals surface area (Å²) in [4.78, 5) is 26.3. The monoisotopic (exact) mass is 288 g/mol. The van der Waals surface area contributed by atoms with E-state index in [1.807, 2.05) is 38.0 Å². The van der Waals surface area contributed by atoms with E-state index in [0.717, 1.165) is 0 Å². The molecule has 0 fully saturated rings. The Balaban J connectivity index is 4.81. The highest BCUT2D eigenvalue weighted by Gasteiger charge is 2.37. The Morgan fingerprint density at radius 3 is 1.65 bits per heavy atom. The number of nitrogens with zero attached hydrogens (tertiary/aromatic N) is 2. The summed E-state index contributed by atoms with van der Waals surface area (Å²) in [6.45, 7) is 1.37. The van der Waals surface area contributed by atoms with Crippen molar-refractivity contribution < 1.29 is 19.8 Å². The van der Waals surface area contributed by atoms with Crippen LogP contribution in [0.15, 0.2) is 0 Å². The molecule has 0 saturated heterocycles. The third kappa shape index (κ3) is 7.45. The number of aliphatic carboxylic acids is 2. The van der Waals surface area contributed by atoms with E-state index >= 15 is 0 Å². The minimum absolute atomic E-state index is 0.0267. The first-order chi connectivity index (χ1) is 9.19. The second-order valence-corrected chi connectivity index (χ2v) is 5.94. The van der Waals surface area contributed by atoms with Crippen LogP contribution in [0, 0.1) is 5.41 Å². The molecule has 118 valence electrons. The van der Waals surface area contributed by atoms with Crippen molar-refractivity contribution in [3.8, 4) is 0 Å². The van der Waals surface area contributed by atoms with Gasteiger partial charge < -0.3 is 20.0 Å². The molecule has 0 rings (SSSR count). The smallest absolute Gasteiger partial charge is 0.309 e. The van der Waals surface area contributed by atoms with Crippen LogP contribution >= 0.6 is 0 Å². The molecule has 20 heavy (non-hydrogen) atoms. The van der Waals surface area contributed by atoms with Crippen molar-refractivity contribution in [2.75, 3.05) is 41.3 Å². The molecule has 0 aromatic heterocycles. The van der Waals surface area contributed by atoms with E-state index in [2.05, 4.69) is 0 Å². The molecule has 0 aromatic carbocycles. The minimum Gasteiger partial charge on any atom is -0.481 e. The fraction of sp³-hybridized carbons (Fsp3) is 0.857. The quantitative estimate of drug-likeness (QED) is 0.595. The topological polar surface area (TPSA) is 81.1 Å². The first kappa shape index (κ1) is 18.9. The standard InChI is InChI=1S/C14H28N2O4/c1-15(2)10-8-14(13(19)20,9-11-16(3)4)7-5-6-12(17)18/h5-11H2,1-4H3,(H,17,18)(H,19,20). The lowest BCUT2D eigenvalue weighted by atomic mass is 9.76. The van der Waals surface area contributed by atoms with E-state index in [4.69, 9.17) is 5.11 Å². The van der Waals surface area contributed by atoms with Crippen molar-refractivity contribution in [2.45, 2.75) is 32.1 Å². The van der Waals surface area contributed by atoms with E-state index in [0.29, 0.717) is 38.8 Å². The number of carboxylic acid groups (broad SMARTS) is 2. The summed E-state index contributed by atoms with van der Waals surface area (Å²) in [5.74, 6) is -1.68. The average Bonchev–Trinajstić information content (AvgIpc) is 2.31. The normalized spacial score (nSPS) is 12.1. The zero-order valence-electron chi connectivity index (χ0n) is 13.1. The number of hydrogen-bond donors (Lipinski definition) is 2. The van der Waals surface area contributed by atoms with Crippen molar-refractivity contribution in [1.29, 1.82) is 0 Å². The molecule has 0 radical (unpaired) electrons. The molecule has 0 saturated carbocycles. The molecule has 0 aliphatic rings. The molecule has 0 unspecified atom stereocenters. The van der Waals surface area contributed by atoms with E-state index in [1.54, 1.807) is 0 Å². The van der Waals surface area contributed by atoms with Crippen LogP contribution in [0.25, 0.3) is 0 Å². The molecule has 2 N–H and O–H groups in total. The number of carboxylic acids is 2. The van der Waals surface area contributed by atoms with Gasteiger partial charge in [-0.2, -0.15) is 0 Å². The lowest BCUT2D eigenvalue weighted by Gasteiger charge is -2.31. The molecule has 6 nitrogen and oxygen atoms in total. The van der Waals surface area contributed by atoms with Gasteiger partial charge in [0, 0.05) is 6.42 Å². The van der Waals surface area contributed by atoms with Crippen LogP contribution in [0.1, 0.15) is 32.1 Å². The Labute approximate surface area is 121 Å². The van der Waals surface area contributed by atoms with E-state index in [1.165, 1.54) is 0 Å². The average molecular weight is 288 g/mol. The van der Waals surface area contributed by atoms with Crippen LogP contribution in [0.3, 0.4) is 0 Å². The van der Waals surface area contributed by atoms with Gasteiger partial charge in [-0.3, -0.25) is 9.59 Å². The van der Waals surface area contributed by atoms with E-state index < -0.39 is 17.4 Å². The third-order valence-corrected chi connectivity index (χ3v) is 3.57. The summed E-state index contributed by atoms with van der Waals surface area (Å²) in [5.41, 5.74) is -0.829. The molecule has 0 bridgehead atoms. The highest BCUT2D eigenvalue weighted by molar-refractivity contribution is 5.74. The van der Waals surface area contributed by atoms with Crippen molar-refractivity contribution in [3.63, 3.8) is 0 Å². The first-order valence-electron chi connectivity index (χ1n) is 6.94. The van der Waals surface area contributed by atoms with Crippen LogP contribution in [0.4, 0.5) is 0 Å². The molecule has 0 aliphatic carbocycles. The second kappa shape index (κ2) is 8.92. The highest BCUT2D eigenvalue weighted by Crippen LogP contribution is 2.34. The summed E-state index contributed by atoms with van der Waals surface area (Å²) in [5, 5.41) is 18.4. The third-order valence-electron chi connectivity index (χ3n) is 3.57. The van der Waals surface area contributed by atoms with Crippen LogP contribution in [0.2, 0.25) is 0 Å². The summed E-state index contributed by atoms with van der Waals surface area (Å²) in [6, 6.07) is 0. The van der Waals surface area contributed by atoms with Gasteiger partial charge in [0.05, 0.1) is 5.41 Å². The second-order valence-electron chi connectivity index (χ2n) is 5.94. The summed E-state index contributed by atoms with van der Waals surface area (Å²) < 4.78 is 0. The van der Waals surface area contributed by atoms with Crippen LogP contribution < -0.4 is 0 Å². The predicted octanol–water partition coefficient (Wildman–Crippen LogP) is 1.22. The molecular weight excluding hydrogens is 260 g/mol. The van der Waals surface area contributed by atoms with Gasteiger partial charge in [-0.1, -0.05) is 0 Å². The molecule has 0 heterocycles. The fourth-order valence-corrected chi connectivity index (χ4v) is 2.15. The lowest BCUT2D eigenvalue weighted by molar-refractivity contribution is -0.151. The highest BCUT2D eigenvalue weighted by atomic mass is 16.4. The van der Waals surface area contributed by atoms with Gasteiger partial charge in [-0.05, 0) is 67.0 Å². The first-order valence-corrected chi connectivity index (χ1v) is 6.94. The maximum atomic E-state index is 11.7. The van der Waals surface area contributed by atoms with Gasteiger partial charge in [0.15, 0.2) is 0 Å². The molecule has 0 amide bonds. The molecule has 0 aliphatic heterocycles. The van der Waals surface area contributed by atoms with E-state index in [-0.39, 0.29) is 6.42 Å². The Morgan fingerprint density at radius 2 is 1.35 bits per heavy atom. The van der Waals surface area contributed by atoms with Crippen molar-refractivity contribution >= 4 is 11.9 Å². The summed E-state index contributed by atoms with van der Waals surface area (Å²) in [7, 11) is 7.65. The summed E-state index contributed by atoms with van der Waals surface area (Å²) >= 11 is 0. The largest absolute Gasteiger partial charge is 0.481 e. The Hall–Kier alpha value is -1.14. The van der Waals surface area contributed by atoms with Crippen molar-refractivity contribution in [2.24, 2.45) is 5.41 Å². The van der Waals surface area contributed by atoms with Crippen LogP contribution in [0.5, 0.6) is 0 Å². The van der Waals surface area contributed by atoms with Crippen LogP contribution in [-0.4, -0.2) is 73.2 Å². The molecule has 0 spiro atoms. The lowest BCUT2D eigenvalue weighted by Crippen LogP contribution is -2.37. The van der Waals surface area contributed by atoms with Gasteiger partial charge >= 0.3 is 11.9 Å². The van der Waals surface area contributed by atoms with E-state index in [9.17, 15) is 14.7 Å². The maximum absolute atomic E-state index is 11.7. The zero-order valence-corrected chi connectivity index (χ0v) is 13.1. The SMILES string of the molecule is CN(C)CCC(CCCC(=O)O)(CCN(C)C)C(=O)O. The molecule has 6 heteroatoms. The zero-order chi connectivity index (χ0) is 15.8. The number of rotatable bonds is 11. The van der Waals surface area contributed by atoms with Crippen molar-refractivity contribution in [1.82, 2.24) is 9.80 Å². The fourth-order valence-electron chi connectivity index (χ4n) is 2.15. The minimum atomic E-state index is -0.871. The Morgan fingerprint density at radius 1 is 0.900 bits per heavy atom. The number of carbonyl (C=O) groups is 2. The molecule has 0 atom stereocenters. The van der Waals surface area contributed by atoms with Gasteiger partial charge in [0.25, 0.3) is 0 Å². The van der Waals surface area contributed by atoms with Crippen LogP contribution in [-0.2, 0) is 9.59 Å². The Bertz CT molecular complexity index is 304. The van der Waals surface area contributed by atoms with Gasteiger partial charge in [0.1, 0.15) is 0 Å². The van der Waals surface area contributed by atoms with Gasteiger partial charge in [-0.15, -0.1) is 0 Å². The molecule has 0 aromatic rings. The van der Waals surface area contributed by atoms with Gasteiger partial charge in [-0.25, -0.2) is 0 Å². The maximum Gasteiger partial charge on any atom is 0.309 e. The van der Waals surface area contributed by atoms with Crippen molar-refractivity contribution in [3.05, 3.63) is 0 Å². The molecular formula is C14H28N2O4. The van der Waals surface area contributed by atoms with Gasteiger partial charge in [0.2, 0.25) is 0 Å². The summed E-state index contributed by atoms with van der Waals surface area (Å²) in [6.07, 6.45) is 1.93. The predicted molar refractivity (Wildman–Crippen MR) is 77.9 cm³/mol. The Kier molecular flexibility index (Phi) is 8.41. The number of hydrogen-bond acceptors (Lipinski definition) is 4.